The summed E-state index contributed by atoms with van der Waals surface area (Å²) in [5, 5.41) is 2.77. The third-order valence-corrected chi connectivity index (χ3v) is 3.03. The number of rotatable bonds is 2. The number of aromatic nitrogens is 2. The van der Waals surface area contributed by atoms with Crippen LogP contribution in [0.3, 0.4) is 0 Å². The molecule has 1 N–H and O–H groups in total. The summed E-state index contributed by atoms with van der Waals surface area (Å²) in [6.45, 7) is 5.02. The minimum Gasteiger partial charge on any atom is -0.335 e. The Labute approximate surface area is 114 Å². The molecule has 0 spiro atoms. The highest BCUT2D eigenvalue weighted by Gasteiger charge is 2.12. The molecule has 3 nitrogen and oxygen atoms in total. The normalized spacial score (nSPS) is 10.6. The molecule has 1 aromatic heterocycles. The van der Waals surface area contributed by atoms with Gasteiger partial charge in [0.25, 0.3) is 0 Å². The number of nitrogens with zero attached hydrogens (tertiary/aromatic N) is 2. The molecular weight excluding hydrogens is 272 g/mol. The molecule has 0 saturated carbocycles. The Balaban J connectivity index is 2.42. The van der Waals surface area contributed by atoms with Gasteiger partial charge in [-0.05, 0) is 32.4 Å². The minimum absolute atomic E-state index is 0.0254. The van der Waals surface area contributed by atoms with Gasteiger partial charge in [-0.25, -0.2) is 18.7 Å². The van der Waals surface area contributed by atoms with Crippen molar-refractivity contribution in [3.05, 3.63) is 45.9 Å². The second-order valence-corrected chi connectivity index (χ2v) is 4.60. The van der Waals surface area contributed by atoms with Gasteiger partial charge in [-0.15, -0.1) is 0 Å². The Morgan fingerprint density at radius 1 is 1.00 bits per heavy atom. The lowest BCUT2D eigenvalue weighted by molar-refractivity contribution is 0.595. The second-order valence-electron chi connectivity index (χ2n) is 4.24. The summed E-state index contributed by atoms with van der Waals surface area (Å²) in [4.78, 5) is 8.23. The van der Waals surface area contributed by atoms with Crippen LogP contribution in [-0.4, -0.2) is 9.97 Å². The highest BCUT2D eigenvalue weighted by Crippen LogP contribution is 2.26. The minimum atomic E-state index is -0.574. The second kappa shape index (κ2) is 5.09. The lowest BCUT2D eigenvalue weighted by Crippen LogP contribution is -2.03. The summed E-state index contributed by atoms with van der Waals surface area (Å²) in [6.07, 6.45) is 0. The van der Waals surface area contributed by atoms with Gasteiger partial charge in [-0.3, -0.25) is 0 Å². The summed E-state index contributed by atoms with van der Waals surface area (Å²) < 4.78 is 27.1. The molecule has 0 aliphatic heterocycles. The fourth-order valence-corrected chi connectivity index (χ4v) is 1.74. The molecule has 100 valence electrons. The molecule has 0 amide bonds. The van der Waals surface area contributed by atoms with Crippen LogP contribution in [0.2, 0.25) is 5.15 Å². The van der Waals surface area contributed by atoms with Gasteiger partial charge < -0.3 is 5.32 Å². The maximum Gasteiger partial charge on any atom is 0.172 e. The summed E-state index contributed by atoms with van der Waals surface area (Å²) in [5.41, 5.74) is 1.56. The Morgan fingerprint density at radius 3 is 2.32 bits per heavy atom. The van der Waals surface area contributed by atoms with Crippen molar-refractivity contribution in [3.63, 3.8) is 0 Å². The zero-order chi connectivity index (χ0) is 14.2. The Kier molecular flexibility index (Phi) is 3.66. The van der Waals surface area contributed by atoms with Crippen molar-refractivity contribution in [2.45, 2.75) is 20.8 Å². The van der Waals surface area contributed by atoms with E-state index in [0.29, 0.717) is 11.4 Å². The molecule has 19 heavy (non-hydrogen) atoms. The van der Waals surface area contributed by atoms with Crippen molar-refractivity contribution in [1.29, 1.82) is 0 Å². The molecule has 6 heteroatoms. The zero-order valence-electron chi connectivity index (χ0n) is 10.7. The highest BCUT2D eigenvalue weighted by atomic mass is 35.5. The molecular formula is C13H12ClF2N3. The third-order valence-electron chi connectivity index (χ3n) is 2.77. The number of hydrogen-bond acceptors (Lipinski definition) is 3. The predicted molar refractivity (Wildman–Crippen MR) is 70.9 cm³/mol. The summed E-state index contributed by atoms with van der Waals surface area (Å²) in [6, 6.07) is 2.18. The van der Waals surface area contributed by atoms with Crippen molar-refractivity contribution >= 4 is 23.1 Å². The van der Waals surface area contributed by atoms with Crippen LogP contribution >= 0.6 is 11.6 Å². The largest absolute Gasteiger partial charge is 0.335 e. The van der Waals surface area contributed by atoms with E-state index in [2.05, 4.69) is 15.3 Å². The average Bonchev–Trinajstić information content (AvgIpc) is 2.32. The summed E-state index contributed by atoms with van der Waals surface area (Å²) in [5.74, 6) is -0.876. The Hall–Kier alpha value is -1.75. The Morgan fingerprint density at radius 2 is 1.63 bits per heavy atom. The van der Waals surface area contributed by atoms with Crippen LogP contribution in [0, 0.1) is 32.4 Å². The van der Waals surface area contributed by atoms with Crippen molar-refractivity contribution < 1.29 is 8.78 Å². The molecule has 0 atom stereocenters. The number of benzene rings is 1. The van der Waals surface area contributed by atoms with E-state index in [1.165, 1.54) is 6.92 Å². The van der Waals surface area contributed by atoms with Crippen molar-refractivity contribution in [2.75, 3.05) is 5.32 Å². The first-order chi connectivity index (χ1) is 8.88. The van der Waals surface area contributed by atoms with Gasteiger partial charge in [0.15, 0.2) is 11.0 Å². The Bertz CT molecular complexity index is 589. The van der Waals surface area contributed by atoms with E-state index in [1.807, 2.05) is 0 Å². The molecule has 2 aromatic rings. The molecule has 0 unspecified atom stereocenters. The van der Waals surface area contributed by atoms with Gasteiger partial charge in [0, 0.05) is 6.07 Å². The number of aryl methyl sites for hydroxylation is 3. The van der Waals surface area contributed by atoms with Crippen LogP contribution in [-0.2, 0) is 0 Å². The van der Waals surface area contributed by atoms with Crippen molar-refractivity contribution in [1.82, 2.24) is 9.97 Å². The average molecular weight is 284 g/mol. The van der Waals surface area contributed by atoms with E-state index >= 15 is 0 Å². The predicted octanol–water partition coefficient (Wildman–Crippen LogP) is 4.08. The van der Waals surface area contributed by atoms with E-state index in [4.69, 9.17) is 11.6 Å². The molecule has 2 rings (SSSR count). The monoisotopic (exact) mass is 283 g/mol. The van der Waals surface area contributed by atoms with Crippen molar-refractivity contribution in [3.8, 4) is 0 Å². The van der Waals surface area contributed by atoms with Gasteiger partial charge >= 0.3 is 0 Å². The molecule has 1 aromatic carbocycles. The summed E-state index contributed by atoms with van der Waals surface area (Å²) >= 11 is 5.92. The van der Waals surface area contributed by atoms with Crippen LogP contribution in [0.1, 0.15) is 17.0 Å². The number of hydrogen-bond donors (Lipinski definition) is 1. The maximum absolute atomic E-state index is 13.7. The number of anilines is 2. The van der Waals surface area contributed by atoms with Gasteiger partial charge in [0.05, 0.1) is 17.1 Å². The first-order valence-corrected chi connectivity index (χ1v) is 5.99. The quantitative estimate of drug-likeness (QED) is 0.902. The SMILES string of the molecule is Cc1cc(F)c(Nc2nc(C)c(C)nc2Cl)cc1F. The molecule has 0 aliphatic carbocycles. The van der Waals surface area contributed by atoms with Crippen LogP contribution in [0.5, 0.6) is 0 Å². The third kappa shape index (κ3) is 2.81. The number of halogens is 3. The molecule has 0 fully saturated rings. The smallest absolute Gasteiger partial charge is 0.172 e. The first-order valence-electron chi connectivity index (χ1n) is 5.62. The standard InChI is InChI=1S/C13H12ClF2N3/c1-6-4-10(16)11(5-9(6)15)19-13-12(14)17-7(2)8(3)18-13/h4-5H,1-3H3,(H,18,19). The van der Waals surface area contributed by atoms with Crippen LogP contribution in [0.4, 0.5) is 20.3 Å². The molecule has 0 bridgehead atoms. The highest BCUT2D eigenvalue weighted by molar-refractivity contribution is 6.31. The molecule has 0 aliphatic rings. The lowest BCUT2D eigenvalue weighted by Gasteiger charge is -2.11. The van der Waals surface area contributed by atoms with E-state index in [-0.39, 0.29) is 22.2 Å². The maximum atomic E-state index is 13.7. The van der Waals surface area contributed by atoms with Gasteiger partial charge in [0.2, 0.25) is 0 Å². The van der Waals surface area contributed by atoms with Gasteiger partial charge in [-0.2, -0.15) is 0 Å². The van der Waals surface area contributed by atoms with E-state index < -0.39 is 11.6 Å². The van der Waals surface area contributed by atoms with Crippen molar-refractivity contribution in [2.24, 2.45) is 0 Å². The lowest BCUT2D eigenvalue weighted by atomic mass is 10.2. The first kappa shape index (κ1) is 13.7. The molecule has 0 radical (unpaired) electrons. The zero-order valence-corrected chi connectivity index (χ0v) is 11.4. The van der Waals surface area contributed by atoms with Crippen LogP contribution < -0.4 is 5.32 Å². The van der Waals surface area contributed by atoms with E-state index in [0.717, 1.165) is 12.1 Å². The molecule has 0 saturated heterocycles. The molecule has 1 heterocycles. The van der Waals surface area contributed by atoms with Crippen LogP contribution in [0.15, 0.2) is 12.1 Å². The van der Waals surface area contributed by atoms with E-state index in [9.17, 15) is 8.78 Å². The topological polar surface area (TPSA) is 37.8 Å². The van der Waals surface area contributed by atoms with Gasteiger partial charge in [0.1, 0.15) is 11.6 Å². The van der Waals surface area contributed by atoms with Gasteiger partial charge in [-0.1, -0.05) is 11.6 Å². The van der Waals surface area contributed by atoms with E-state index in [1.54, 1.807) is 13.8 Å². The summed E-state index contributed by atoms with van der Waals surface area (Å²) in [7, 11) is 0. The fraction of sp³-hybridized carbons (Fsp3) is 0.231. The fourth-order valence-electron chi connectivity index (χ4n) is 1.52. The number of nitrogens with one attached hydrogen (secondary N) is 1. The van der Waals surface area contributed by atoms with Crippen LogP contribution in [0.25, 0.3) is 0 Å².